The molecule has 1 aromatic heterocycles. The normalized spacial score (nSPS) is 10.8. The van der Waals surface area contributed by atoms with E-state index in [9.17, 15) is 0 Å². The monoisotopic (exact) mass is 361 g/mol. The van der Waals surface area contributed by atoms with Crippen LogP contribution in [-0.4, -0.2) is 4.98 Å². The average Bonchev–Trinajstić information content (AvgIpc) is 2.53. The van der Waals surface area contributed by atoms with Gasteiger partial charge in [-0.25, -0.2) is 0 Å². The van der Waals surface area contributed by atoms with Crippen LogP contribution in [0.1, 0.15) is 11.1 Å². The Labute approximate surface area is 136 Å². The Balaban J connectivity index is 1.84. The van der Waals surface area contributed by atoms with Crippen molar-refractivity contribution in [3.05, 3.63) is 70.9 Å². The van der Waals surface area contributed by atoms with Gasteiger partial charge >= 0.3 is 0 Å². The van der Waals surface area contributed by atoms with E-state index in [0.29, 0.717) is 17.4 Å². The van der Waals surface area contributed by atoms with Crippen molar-refractivity contribution in [1.82, 2.24) is 4.98 Å². The zero-order valence-corrected chi connectivity index (χ0v) is 13.6. The van der Waals surface area contributed by atoms with Gasteiger partial charge in [-0.1, -0.05) is 51.8 Å². The summed E-state index contributed by atoms with van der Waals surface area (Å²) in [6.45, 7) is 0.469. The van der Waals surface area contributed by atoms with E-state index in [1.165, 1.54) is 0 Å². The van der Waals surface area contributed by atoms with Crippen LogP contribution in [0.5, 0.6) is 5.75 Å². The number of pyridine rings is 1. The van der Waals surface area contributed by atoms with Gasteiger partial charge in [-0.15, -0.1) is 0 Å². The van der Waals surface area contributed by atoms with E-state index in [0.717, 1.165) is 27.4 Å². The van der Waals surface area contributed by atoms with Crippen molar-refractivity contribution in [3.63, 3.8) is 0 Å². The molecule has 0 amide bonds. The van der Waals surface area contributed by atoms with Gasteiger partial charge in [0.2, 0.25) is 0 Å². The van der Waals surface area contributed by atoms with Gasteiger partial charge in [0, 0.05) is 22.5 Å². The highest BCUT2D eigenvalue weighted by atomic mass is 79.9. The zero-order valence-electron chi connectivity index (χ0n) is 11.2. The third-order valence-corrected chi connectivity index (χ3v) is 4.22. The minimum Gasteiger partial charge on any atom is -0.487 e. The topological polar surface area (TPSA) is 22.1 Å². The molecule has 0 saturated carbocycles. The zero-order chi connectivity index (χ0) is 14.7. The van der Waals surface area contributed by atoms with Crippen LogP contribution in [0.25, 0.3) is 10.9 Å². The van der Waals surface area contributed by atoms with E-state index in [4.69, 9.17) is 16.3 Å². The van der Waals surface area contributed by atoms with Crippen molar-refractivity contribution in [2.45, 2.75) is 11.9 Å². The Hall–Kier alpha value is -1.58. The lowest BCUT2D eigenvalue weighted by molar-refractivity contribution is 0.308. The van der Waals surface area contributed by atoms with Crippen molar-refractivity contribution in [1.29, 1.82) is 0 Å². The fourth-order valence-electron chi connectivity index (χ4n) is 2.18. The molecule has 106 valence electrons. The molecular weight excluding hydrogens is 350 g/mol. The smallest absolute Gasteiger partial charge is 0.138 e. The third kappa shape index (κ3) is 3.20. The fourth-order valence-corrected chi connectivity index (χ4v) is 2.79. The second kappa shape index (κ2) is 6.46. The average molecular weight is 363 g/mol. The summed E-state index contributed by atoms with van der Waals surface area (Å²) in [6, 6.07) is 15.8. The summed E-state index contributed by atoms with van der Waals surface area (Å²) in [6.07, 6.45) is 1.80. The van der Waals surface area contributed by atoms with Crippen LogP contribution in [0, 0.1) is 0 Å². The highest BCUT2D eigenvalue weighted by Crippen LogP contribution is 2.28. The predicted molar refractivity (Wildman–Crippen MR) is 90.2 cm³/mol. The van der Waals surface area contributed by atoms with E-state index in [1.807, 2.05) is 42.5 Å². The quantitative estimate of drug-likeness (QED) is 0.583. The standard InChI is InChI=1S/C17H13BrClNO/c18-10-12-5-6-17(15(19)9-12)21-11-13-7-8-20-16-4-2-1-3-14(13)16/h1-9H,10-11H2. The third-order valence-electron chi connectivity index (χ3n) is 3.27. The maximum atomic E-state index is 6.23. The molecule has 2 nitrogen and oxygen atoms in total. The van der Waals surface area contributed by atoms with Crippen molar-refractivity contribution in [2.24, 2.45) is 0 Å². The van der Waals surface area contributed by atoms with E-state index >= 15 is 0 Å². The number of halogens is 2. The SMILES string of the molecule is Clc1cc(CBr)ccc1OCc1ccnc2ccccc12. The van der Waals surface area contributed by atoms with E-state index in [2.05, 4.69) is 27.0 Å². The predicted octanol–water partition coefficient (Wildman–Crippen LogP) is 5.36. The van der Waals surface area contributed by atoms with Crippen LogP contribution >= 0.6 is 27.5 Å². The summed E-state index contributed by atoms with van der Waals surface area (Å²) in [4.78, 5) is 4.35. The number of fused-ring (bicyclic) bond motifs is 1. The summed E-state index contributed by atoms with van der Waals surface area (Å²) < 4.78 is 5.86. The molecule has 0 radical (unpaired) electrons. The fraction of sp³-hybridized carbons (Fsp3) is 0.118. The van der Waals surface area contributed by atoms with Gasteiger partial charge in [0.15, 0.2) is 0 Å². The van der Waals surface area contributed by atoms with Crippen molar-refractivity contribution < 1.29 is 4.74 Å². The number of hydrogen-bond donors (Lipinski definition) is 0. The molecular formula is C17H13BrClNO. The maximum Gasteiger partial charge on any atom is 0.138 e. The van der Waals surface area contributed by atoms with Gasteiger partial charge < -0.3 is 4.74 Å². The Kier molecular flexibility index (Phi) is 4.42. The number of hydrogen-bond acceptors (Lipinski definition) is 2. The van der Waals surface area contributed by atoms with Crippen LogP contribution in [0.4, 0.5) is 0 Å². The van der Waals surface area contributed by atoms with Gasteiger partial charge in [-0.2, -0.15) is 0 Å². The number of rotatable bonds is 4. The first-order chi connectivity index (χ1) is 10.3. The Morgan fingerprint density at radius 1 is 1.10 bits per heavy atom. The molecule has 0 aliphatic carbocycles. The number of benzene rings is 2. The minimum atomic E-state index is 0.469. The van der Waals surface area contributed by atoms with Crippen LogP contribution in [0.3, 0.4) is 0 Å². The second-order valence-electron chi connectivity index (χ2n) is 4.67. The first-order valence-corrected chi connectivity index (χ1v) is 8.07. The van der Waals surface area contributed by atoms with E-state index < -0.39 is 0 Å². The van der Waals surface area contributed by atoms with Crippen LogP contribution in [-0.2, 0) is 11.9 Å². The first kappa shape index (κ1) is 14.4. The molecule has 0 saturated heterocycles. The van der Waals surface area contributed by atoms with Crippen molar-refractivity contribution >= 4 is 38.4 Å². The Morgan fingerprint density at radius 2 is 1.95 bits per heavy atom. The molecule has 3 rings (SSSR count). The molecule has 0 unspecified atom stereocenters. The lowest BCUT2D eigenvalue weighted by atomic mass is 10.1. The number of alkyl halides is 1. The number of para-hydroxylation sites is 1. The number of aromatic nitrogens is 1. The molecule has 0 fully saturated rings. The van der Waals surface area contributed by atoms with Gasteiger partial charge in [0.05, 0.1) is 10.5 Å². The first-order valence-electron chi connectivity index (χ1n) is 6.58. The lowest BCUT2D eigenvalue weighted by Gasteiger charge is -2.10. The highest BCUT2D eigenvalue weighted by molar-refractivity contribution is 9.08. The largest absolute Gasteiger partial charge is 0.487 e. The summed E-state index contributed by atoms with van der Waals surface area (Å²) in [5.74, 6) is 0.697. The molecule has 21 heavy (non-hydrogen) atoms. The Morgan fingerprint density at radius 3 is 2.76 bits per heavy atom. The lowest BCUT2D eigenvalue weighted by Crippen LogP contribution is -1.98. The summed E-state index contributed by atoms with van der Waals surface area (Å²) in [7, 11) is 0. The number of ether oxygens (including phenoxy) is 1. The Bertz CT molecular complexity index is 770. The molecule has 3 aromatic rings. The van der Waals surface area contributed by atoms with Crippen LogP contribution in [0.2, 0.25) is 5.02 Å². The molecule has 0 atom stereocenters. The minimum absolute atomic E-state index is 0.469. The molecule has 0 spiro atoms. The summed E-state index contributed by atoms with van der Waals surface area (Å²) in [5.41, 5.74) is 3.20. The summed E-state index contributed by atoms with van der Waals surface area (Å²) >= 11 is 9.65. The van der Waals surface area contributed by atoms with Gasteiger partial charge in [0.1, 0.15) is 12.4 Å². The molecule has 0 aliphatic rings. The van der Waals surface area contributed by atoms with Crippen molar-refractivity contribution in [3.8, 4) is 5.75 Å². The van der Waals surface area contributed by atoms with Gasteiger partial charge in [-0.05, 0) is 29.8 Å². The van der Waals surface area contributed by atoms with E-state index in [1.54, 1.807) is 6.20 Å². The van der Waals surface area contributed by atoms with Gasteiger partial charge in [-0.3, -0.25) is 4.98 Å². The molecule has 4 heteroatoms. The summed E-state index contributed by atoms with van der Waals surface area (Å²) in [5, 5.41) is 2.51. The van der Waals surface area contributed by atoms with Gasteiger partial charge in [0.25, 0.3) is 0 Å². The molecule has 0 aliphatic heterocycles. The molecule has 2 aromatic carbocycles. The molecule has 1 heterocycles. The van der Waals surface area contributed by atoms with Crippen LogP contribution < -0.4 is 4.74 Å². The van der Waals surface area contributed by atoms with Crippen molar-refractivity contribution in [2.75, 3.05) is 0 Å². The number of nitrogens with zero attached hydrogens (tertiary/aromatic N) is 1. The van der Waals surface area contributed by atoms with E-state index in [-0.39, 0.29) is 0 Å². The highest BCUT2D eigenvalue weighted by Gasteiger charge is 2.06. The molecule has 0 bridgehead atoms. The van der Waals surface area contributed by atoms with Crippen LogP contribution in [0.15, 0.2) is 54.7 Å². The molecule has 0 N–H and O–H groups in total. The second-order valence-corrected chi connectivity index (χ2v) is 5.64. The maximum absolute atomic E-state index is 6.23.